The molecule has 0 aliphatic rings. The molecule has 0 saturated carbocycles. The van der Waals surface area contributed by atoms with E-state index in [4.69, 9.17) is 10.5 Å². The van der Waals surface area contributed by atoms with E-state index >= 15 is 0 Å². The number of aryl methyl sites for hydroxylation is 1. The SMILES string of the molecule is Cc1cc(N)cc(C(=O)OCc2cccc(O)c2)c1F. The molecule has 4 nitrogen and oxygen atoms in total. The summed E-state index contributed by atoms with van der Waals surface area (Å²) >= 11 is 0. The lowest BCUT2D eigenvalue weighted by molar-refractivity contribution is 0.0467. The second kappa shape index (κ2) is 5.61. The number of ether oxygens (including phenoxy) is 1. The van der Waals surface area contributed by atoms with Crippen LogP contribution >= 0.6 is 0 Å². The van der Waals surface area contributed by atoms with Crippen molar-refractivity contribution in [1.29, 1.82) is 0 Å². The molecule has 0 saturated heterocycles. The summed E-state index contributed by atoms with van der Waals surface area (Å²) in [4.78, 5) is 11.8. The highest BCUT2D eigenvalue weighted by Crippen LogP contribution is 2.19. The first-order valence-corrected chi connectivity index (χ1v) is 5.98. The van der Waals surface area contributed by atoms with Gasteiger partial charge in [0.15, 0.2) is 0 Å². The lowest BCUT2D eigenvalue weighted by Gasteiger charge is -2.08. The molecule has 0 amide bonds. The number of nitrogen functional groups attached to an aromatic ring is 1. The normalized spacial score (nSPS) is 10.3. The molecule has 0 heterocycles. The fourth-order valence-electron chi connectivity index (χ4n) is 1.82. The summed E-state index contributed by atoms with van der Waals surface area (Å²) in [6.07, 6.45) is 0. The first-order chi connectivity index (χ1) is 9.47. The average Bonchev–Trinajstić information content (AvgIpc) is 2.40. The smallest absolute Gasteiger partial charge is 0.341 e. The molecule has 104 valence electrons. The number of hydrogen-bond acceptors (Lipinski definition) is 4. The molecule has 3 N–H and O–H groups in total. The molecule has 0 atom stereocenters. The molecule has 0 unspecified atom stereocenters. The number of nitrogens with two attached hydrogens (primary N) is 1. The molecule has 0 aromatic heterocycles. The van der Waals surface area contributed by atoms with Crippen LogP contribution in [0, 0.1) is 12.7 Å². The van der Waals surface area contributed by atoms with E-state index in [0.29, 0.717) is 11.3 Å². The van der Waals surface area contributed by atoms with E-state index in [9.17, 15) is 14.3 Å². The van der Waals surface area contributed by atoms with E-state index in [-0.39, 0.29) is 23.5 Å². The monoisotopic (exact) mass is 275 g/mol. The van der Waals surface area contributed by atoms with Crippen molar-refractivity contribution >= 4 is 11.7 Å². The number of rotatable bonds is 3. The van der Waals surface area contributed by atoms with Crippen LogP contribution < -0.4 is 5.73 Å². The van der Waals surface area contributed by atoms with Crippen LogP contribution in [0.3, 0.4) is 0 Å². The molecule has 0 bridgehead atoms. The maximum absolute atomic E-state index is 13.8. The number of aromatic hydroxyl groups is 1. The van der Waals surface area contributed by atoms with Crippen molar-refractivity contribution in [2.24, 2.45) is 0 Å². The number of anilines is 1. The van der Waals surface area contributed by atoms with Gasteiger partial charge in [-0.25, -0.2) is 9.18 Å². The molecule has 0 aliphatic heterocycles. The van der Waals surface area contributed by atoms with Gasteiger partial charge in [0.1, 0.15) is 18.2 Å². The number of carbonyl (C=O) groups excluding carboxylic acids is 1. The maximum Gasteiger partial charge on any atom is 0.341 e. The average molecular weight is 275 g/mol. The Labute approximate surface area is 115 Å². The molecule has 0 fully saturated rings. The van der Waals surface area contributed by atoms with Gasteiger partial charge in [0.2, 0.25) is 0 Å². The molecule has 0 radical (unpaired) electrons. The first-order valence-electron chi connectivity index (χ1n) is 5.98. The third kappa shape index (κ3) is 3.06. The van der Waals surface area contributed by atoms with Gasteiger partial charge in [0, 0.05) is 5.69 Å². The third-order valence-electron chi connectivity index (χ3n) is 2.78. The summed E-state index contributed by atoms with van der Waals surface area (Å²) in [7, 11) is 0. The van der Waals surface area contributed by atoms with E-state index in [1.54, 1.807) is 12.1 Å². The number of benzene rings is 2. The molecule has 2 rings (SSSR count). The van der Waals surface area contributed by atoms with Crippen molar-refractivity contribution in [3.05, 3.63) is 58.9 Å². The largest absolute Gasteiger partial charge is 0.508 e. The van der Waals surface area contributed by atoms with E-state index in [1.807, 2.05) is 0 Å². The topological polar surface area (TPSA) is 72.6 Å². The minimum absolute atomic E-state index is 0.0550. The van der Waals surface area contributed by atoms with Crippen LogP contribution in [0.1, 0.15) is 21.5 Å². The molecule has 2 aromatic carbocycles. The van der Waals surface area contributed by atoms with Crippen LogP contribution in [-0.4, -0.2) is 11.1 Å². The maximum atomic E-state index is 13.8. The second-order valence-electron chi connectivity index (χ2n) is 4.45. The Bertz CT molecular complexity index is 656. The van der Waals surface area contributed by atoms with Crippen molar-refractivity contribution in [3.8, 4) is 5.75 Å². The summed E-state index contributed by atoms with van der Waals surface area (Å²) in [5.74, 6) is -1.36. The van der Waals surface area contributed by atoms with Crippen molar-refractivity contribution in [1.82, 2.24) is 0 Å². The molecule has 2 aromatic rings. The van der Waals surface area contributed by atoms with Gasteiger partial charge in [0.25, 0.3) is 0 Å². The number of esters is 1. The standard InChI is InChI=1S/C15H14FNO3/c1-9-5-11(17)7-13(14(9)16)15(19)20-8-10-3-2-4-12(18)6-10/h2-7,18H,8,17H2,1H3. The lowest BCUT2D eigenvalue weighted by atomic mass is 10.1. The predicted octanol–water partition coefficient (Wildman–Crippen LogP) is 2.78. The fraction of sp³-hybridized carbons (Fsp3) is 0.133. The van der Waals surface area contributed by atoms with E-state index < -0.39 is 11.8 Å². The Morgan fingerprint density at radius 2 is 2.10 bits per heavy atom. The molecule has 20 heavy (non-hydrogen) atoms. The molecule has 5 heteroatoms. The number of hydrogen-bond donors (Lipinski definition) is 2. The van der Waals surface area contributed by atoms with Crippen LogP contribution in [0.25, 0.3) is 0 Å². The van der Waals surface area contributed by atoms with Crippen LogP contribution in [0.4, 0.5) is 10.1 Å². The quantitative estimate of drug-likeness (QED) is 0.667. The van der Waals surface area contributed by atoms with Crippen molar-refractivity contribution in [3.63, 3.8) is 0 Å². The Morgan fingerprint density at radius 3 is 2.80 bits per heavy atom. The third-order valence-corrected chi connectivity index (χ3v) is 2.78. The summed E-state index contributed by atoms with van der Waals surface area (Å²) in [5.41, 5.74) is 6.59. The zero-order valence-electron chi connectivity index (χ0n) is 10.9. The summed E-state index contributed by atoms with van der Waals surface area (Å²) < 4.78 is 18.8. The van der Waals surface area contributed by atoms with Crippen molar-refractivity contribution < 1.29 is 19.0 Å². The Balaban J connectivity index is 2.13. The molecular weight excluding hydrogens is 261 g/mol. The van der Waals surface area contributed by atoms with Crippen LogP contribution in [0.5, 0.6) is 5.75 Å². The Hall–Kier alpha value is -2.56. The highest BCUT2D eigenvalue weighted by Gasteiger charge is 2.16. The van der Waals surface area contributed by atoms with Gasteiger partial charge >= 0.3 is 5.97 Å². The molecule has 0 aliphatic carbocycles. The van der Waals surface area contributed by atoms with Gasteiger partial charge in [-0.3, -0.25) is 0 Å². The molecular formula is C15H14FNO3. The van der Waals surface area contributed by atoms with Gasteiger partial charge in [-0.2, -0.15) is 0 Å². The van der Waals surface area contributed by atoms with Crippen LogP contribution in [0.15, 0.2) is 36.4 Å². The predicted molar refractivity (Wildman–Crippen MR) is 72.8 cm³/mol. The Morgan fingerprint density at radius 1 is 1.35 bits per heavy atom. The zero-order valence-corrected chi connectivity index (χ0v) is 10.9. The summed E-state index contributed by atoms with van der Waals surface area (Å²) in [5, 5.41) is 9.30. The van der Waals surface area contributed by atoms with E-state index in [2.05, 4.69) is 0 Å². The van der Waals surface area contributed by atoms with Gasteiger partial charge in [-0.1, -0.05) is 12.1 Å². The van der Waals surface area contributed by atoms with E-state index in [1.165, 1.54) is 31.2 Å². The van der Waals surface area contributed by atoms with Crippen LogP contribution in [-0.2, 0) is 11.3 Å². The number of phenols is 1. The minimum Gasteiger partial charge on any atom is -0.508 e. The fourth-order valence-corrected chi connectivity index (χ4v) is 1.82. The number of carbonyl (C=O) groups is 1. The van der Waals surface area contributed by atoms with E-state index in [0.717, 1.165) is 0 Å². The minimum atomic E-state index is -0.791. The highest BCUT2D eigenvalue weighted by atomic mass is 19.1. The van der Waals surface area contributed by atoms with Gasteiger partial charge in [0.05, 0.1) is 5.56 Å². The first kappa shape index (κ1) is 13.9. The second-order valence-corrected chi connectivity index (χ2v) is 4.45. The summed E-state index contributed by atoms with van der Waals surface area (Å²) in [6, 6.07) is 8.98. The highest BCUT2D eigenvalue weighted by molar-refractivity contribution is 5.91. The molecule has 0 spiro atoms. The zero-order chi connectivity index (χ0) is 14.7. The lowest BCUT2D eigenvalue weighted by Crippen LogP contribution is -2.09. The van der Waals surface area contributed by atoms with Gasteiger partial charge in [-0.15, -0.1) is 0 Å². The van der Waals surface area contributed by atoms with Crippen LogP contribution in [0.2, 0.25) is 0 Å². The van der Waals surface area contributed by atoms with Crippen molar-refractivity contribution in [2.45, 2.75) is 13.5 Å². The van der Waals surface area contributed by atoms with Crippen molar-refractivity contribution in [2.75, 3.05) is 5.73 Å². The number of phenolic OH excluding ortho intramolecular Hbond substituents is 1. The van der Waals surface area contributed by atoms with Gasteiger partial charge in [-0.05, 0) is 42.3 Å². The Kier molecular flexibility index (Phi) is 3.89. The number of halogens is 1. The van der Waals surface area contributed by atoms with Gasteiger partial charge < -0.3 is 15.6 Å². The summed E-state index contributed by atoms with van der Waals surface area (Å²) in [6.45, 7) is 1.47.